The number of hydrogen-bond donors (Lipinski definition) is 1. The van der Waals surface area contributed by atoms with E-state index in [1.165, 1.54) is 16.8 Å². The molecular formula is C23H32N4O6. The van der Waals surface area contributed by atoms with Crippen molar-refractivity contribution in [2.75, 3.05) is 54.1 Å². The van der Waals surface area contributed by atoms with Gasteiger partial charge in [0.2, 0.25) is 17.7 Å². The Labute approximate surface area is 193 Å². The zero-order valence-electron chi connectivity index (χ0n) is 19.4. The molecule has 0 saturated carbocycles. The van der Waals surface area contributed by atoms with Crippen molar-refractivity contribution in [2.45, 2.75) is 31.3 Å². The lowest BCUT2D eigenvalue weighted by atomic mass is 10.1. The van der Waals surface area contributed by atoms with Crippen LogP contribution in [0.1, 0.15) is 29.6 Å². The highest BCUT2D eigenvalue weighted by atomic mass is 16.5. The minimum absolute atomic E-state index is 0.105. The zero-order valence-corrected chi connectivity index (χ0v) is 19.4. The van der Waals surface area contributed by atoms with E-state index >= 15 is 0 Å². The van der Waals surface area contributed by atoms with Gasteiger partial charge in [-0.1, -0.05) is 12.1 Å². The van der Waals surface area contributed by atoms with E-state index in [4.69, 9.17) is 9.47 Å². The predicted octanol–water partition coefficient (Wildman–Crippen LogP) is 0.122. The van der Waals surface area contributed by atoms with Crippen molar-refractivity contribution in [2.24, 2.45) is 0 Å². The molecule has 1 N–H and O–H groups in total. The SMILES string of the molecule is COC[C@@H]1CCCN1C(=O)[C@@H]1CC(=O)N(C)CC(=O)N(C)CCOc2ccccc2C(=O)N1. The molecule has 0 bridgehead atoms. The van der Waals surface area contributed by atoms with Gasteiger partial charge in [-0.3, -0.25) is 19.2 Å². The molecule has 2 aliphatic heterocycles. The number of rotatable bonds is 3. The fourth-order valence-electron chi connectivity index (χ4n) is 4.07. The summed E-state index contributed by atoms with van der Waals surface area (Å²) < 4.78 is 11.0. The molecular weight excluding hydrogens is 428 g/mol. The number of likely N-dealkylation sites (N-methyl/N-ethyl adjacent to an activating group) is 2. The third kappa shape index (κ3) is 6.01. The van der Waals surface area contributed by atoms with E-state index in [2.05, 4.69) is 5.32 Å². The molecule has 3 rings (SSSR count). The smallest absolute Gasteiger partial charge is 0.255 e. The molecule has 10 nitrogen and oxygen atoms in total. The molecule has 1 saturated heterocycles. The standard InChI is InChI=1S/C23H32N4O6/c1-25-11-12-33-19-9-5-4-8-17(19)22(30)24-18(13-20(28)26(2)14-21(25)29)23(31)27-10-6-7-16(27)15-32-3/h4-5,8-9,16,18H,6-7,10-15H2,1-3H3,(H,24,30)/t16-,18-/m0/s1. The average Bonchev–Trinajstić information content (AvgIpc) is 3.26. The quantitative estimate of drug-likeness (QED) is 0.687. The Bertz CT molecular complexity index is 891. The number of nitrogens with zero attached hydrogens (tertiary/aromatic N) is 3. The second-order valence-electron chi connectivity index (χ2n) is 8.42. The minimum atomic E-state index is -1.08. The van der Waals surface area contributed by atoms with E-state index in [0.29, 0.717) is 25.4 Å². The number of hydrogen-bond acceptors (Lipinski definition) is 6. The lowest BCUT2D eigenvalue weighted by Gasteiger charge is -2.30. The number of ether oxygens (including phenoxy) is 2. The number of nitrogens with one attached hydrogen (secondary N) is 1. The van der Waals surface area contributed by atoms with Crippen LogP contribution in [0.3, 0.4) is 0 Å². The fourth-order valence-corrected chi connectivity index (χ4v) is 4.07. The molecule has 1 fully saturated rings. The Morgan fingerprint density at radius 1 is 1.12 bits per heavy atom. The Hall–Kier alpha value is -3.14. The van der Waals surface area contributed by atoms with Gasteiger partial charge in [0.15, 0.2) is 0 Å². The van der Waals surface area contributed by atoms with Gasteiger partial charge in [0.1, 0.15) is 18.4 Å². The summed E-state index contributed by atoms with van der Waals surface area (Å²) in [4.78, 5) is 56.4. The van der Waals surface area contributed by atoms with Crippen molar-refractivity contribution >= 4 is 23.6 Å². The van der Waals surface area contributed by atoms with Crippen LogP contribution in [0.25, 0.3) is 0 Å². The average molecular weight is 461 g/mol. The minimum Gasteiger partial charge on any atom is -0.491 e. The van der Waals surface area contributed by atoms with Crippen molar-refractivity contribution < 1.29 is 28.7 Å². The van der Waals surface area contributed by atoms with Crippen molar-refractivity contribution in [3.05, 3.63) is 29.8 Å². The maximum absolute atomic E-state index is 13.4. The van der Waals surface area contributed by atoms with Crippen LogP contribution in [-0.4, -0.2) is 104 Å². The van der Waals surface area contributed by atoms with Crippen LogP contribution in [0, 0.1) is 0 Å². The van der Waals surface area contributed by atoms with Crippen molar-refractivity contribution in [3.63, 3.8) is 0 Å². The van der Waals surface area contributed by atoms with E-state index in [9.17, 15) is 19.2 Å². The number of carbonyl (C=O) groups excluding carboxylic acids is 4. The maximum Gasteiger partial charge on any atom is 0.255 e. The first-order valence-corrected chi connectivity index (χ1v) is 11.1. The molecule has 0 radical (unpaired) electrons. The summed E-state index contributed by atoms with van der Waals surface area (Å²) in [5.74, 6) is -1.13. The van der Waals surface area contributed by atoms with Crippen molar-refractivity contribution in [1.82, 2.24) is 20.0 Å². The van der Waals surface area contributed by atoms with E-state index in [-0.39, 0.29) is 43.0 Å². The second kappa shape index (κ2) is 11.1. The van der Waals surface area contributed by atoms with E-state index in [1.807, 2.05) is 0 Å². The van der Waals surface area contributed by atoms with E-state index < -0.39 is 17.9 Å². The number of benzene rings is 1. The van der Waals surface area contributed by atoms with Gasteiger partial charge >= 0.3 is 0 Å². The zero-order chi connectivity index (χ0) is 24.0. The molecule has 0 spiro atoms. The molecule has 1 aromatic carbocycles. The van der Waals surface area contributed by atoms with Crippen LogP contribution in [0.5, 0.6) is 5.75 Å². The molecule has 0 unspecified atom stereocenters. The number of fused-ring (bicyclic) bond motifs is 1. The van der Waals surface area contributed by atoms with Gasteiger partial charge in [-0.05, 0) is 25.0 Å². The van der Waals surface area contributed by atoms with Crippen LogP contribution in [-0.2, 0) is 19.1 Å². The van der Waals surface area contributed by atoms with Crippen molar-refractivity contribution in [1.29, 1.82) is 0 Å². The third-order valence-corrected chi connectivity index (χ3v) is 6.04. The normalized spacial score (nSPS) is 23.0. The first-order valence-electron chi connectivity index (χ1n) is 11.1. The van der Waals surface area contributed by atoms with Gasteiger partial charge in [-0.15, -0.1) is 0 Å². The fraction of sp³-hybridized carbons (Fsp3) is 0.565. The van der Waals surface area contributed by atoms with Gasteiger partial charge < -0.3 is 29.5 Å². The Morgan fingerprint density at radius 2 is 1.88 bits per heavy atom. The summed E-state index contributed by atoms with van der Waals surface area (Å²) >= 11 is 0. The number of carbonyl (C=O) groups is 4. The summed E-state index contributed by atoms with van der Waals surface area (Å²) in [6, 6.07) is 5.52. The molecule has 2 atom stereocenters. The molecule has 2 aliphatic rings. The molecule has 0 aromatic heterocycles. The number of likely N-dealkylation sites (tertiary alicyclic amines) is 1. The van der Waals surface area contributed by atoms with Crippen molar-refractivity contribution in [3.8, 4) is 5.75 Å². The van der Waals surface area contributed by atoms with Crippen LogP contribution < -0.4 is 10.1 Å². The van der Waals surface area contributed by atoms with Crippen LogP contribution in [0.4, 0.5) is 0 Å². The monoisotopic (exact) mass is 460 g/mol. The second-order valence-corrected chi connectivity index (χ2v) is 8.42. The Morgan fingerprint density at radius 3 is 2.64 bits per heavy atom. The molecule has 180 valence electrons. The van der Waals surface area contributed by atoms with Gasteiger partial charge in [0, 0.05) is 27.7 Å². The lowest BCUT2D eigenvalue weighted by molar-refractivity contribution is -0.142. The summed E-state index contributed by atoms with van der Waals surface area (Å²) in [5, 5.41) is 2.74. The summed E-state index contributed by atoms with van der Waals surface area (Å²) in [6.45, 7) is 1.27. The lowest BCUT2D eigenvalue weighted by Crippen LogP contribution is -2.53. The first kappa shape index (κ1) is 24.5. The largest absolute Gasteiger partial charge is 0.491 e. The Kier molecular flexibility index (Phi) is 8.26. The molecule has 2 heterocycles. The third-order valence-electron chi connectivity index (χ3n) is 6.04. The molecule has 1 aromatic rings. The Balaban J connectivity index is 1.90. The van der Waals surface area contributed by atoms with E-state index in [0.717, 1.165) is 12.8 Å². The van der Waals surface area contributed by atoms with E-state index in [1.54, 1.807) is 43.3 Å². The number of methoxy groups -OCH3 is 1. The van der Waals surface area contributed by atoms with Gasteiger partial charge in [-0.2, -0.15) is 0 Å². The molecule has 0 aliphatic carbocycles. The van der Waals surface area contributed by atoms with Gasteiger partial charge in [0.05, 0.1) is 37.7 Å². The number of para-hydroxylation sites is 1. The highest BCUT2D eigenvalue weighted by molar-refractivity contribution is 6.01. The number of amides is 4. The summed E-state index contributed by atoms with van der Waals surface area (Å²) in [6.07, 6.45) is 1.37. The predicted molar refractivity (Wildman–Crippen MR) is 120 cm³/mol. The molecule has 4 amide bonds. The van der Waals surface area contributed by atoms with Gasteiger partial charge in [0.25, 0.3) is 5.91 Å². The van der Waals surface area contributed by atoms with Crippen LogP contribution in [0.2, 0.25) is 0 Å². The topological polar surface area (TPSA) is 108 Å². The summed E-state index contributed by atoms with van der Waals surface area (Å²) in [5.41, 5.74) is 0.261. The summed E-state index contributed by atoms with van der Waals surface area (Å²) in [7, 11) is 4.72. The highest BCUT2D eigenvalue weighted by Crippen LogP contribution is 2.21. The van der Waals surface area contributed by atoms with Crippen LogP contribution >= 0.6 is 0 Å². The molecule has 10 heteroatoms. The van der Waals surface area contributed by atoms with Crippen LogP contribution in [0.15, 0.2) is 24.3 Å². The maximum atomic E-state index is 13.4. The molecule has 33 heavy (non-hydrogen) atoms. The van der Waals surface area contributed by atoms with Gasteiger partial charge in [-0.25, -0.2) is 0 Å². The highest BCUT2D eigenvalue weighted by Gasteiger charge is 2.36. The first-order chi connectivity index (χ1) is 15.8.